The first-order valence-corrected chi connectivity index (χ1v) is 7.02. The van der Waals surface area contributed by atoms with E-state index in [1.54, 1.807) is 0 Å². The maximum Gasteiger partial charge on any atom is 0.125 e. The van der Waals surface area contributed by atoms with E-state index in [2.05, 4.69) is 15.3 Å². The fraction of sp³-hybridized carbons (Fsp3) is 0.333. The topological polar surface area (TPSA) is 47.0 Å². The molecule has 1 aromatic heterocycles. The van der Waals surface area contributed by atoms with Gasteiger partial charge in [-0.25, -0.2) is 9.97 Å². The Morgan fingerprint density at radius 2 is 2.15 bits per heavy atom. The second-order valence-electron chi connectivity index (χ2n) is 4.87. The molecule has 0 saturated heterocycles. The summed E-state index contributed by atoms with van der Waals surface area (Å²) in [7, 11) is 1.93. The molecule has 1 unspecified atom stereocenters. The van der Waals surface area contributed by atoms with Crippen LogP contribution in [0.5, 0.6) is 5.75 Å². The van der Waals surface area contributed by atoms with Gasteiger partial charge in [-0.3, -0.25) is 0 Å². The molecule has 0 bridgehead atoms. The molecule has 0 amide bonds. The van der Waals surface area contributed by atoms with Gasteiger partial charge < -0.3 is 10.1 Å². The molecule has 1 aromatic carbocycles. The van der Waals surface area contributed by atoms with E-state index >= 15 is 0 Å². The number of hydrogen-bond acceptors (Lipinski definition) is 4. The minimum Gasteiger partial charge on any atom is -0.493 e. The zero-order chi connectivity index (χ0) is 13.9. The van der Waals surface area contributed by atoms with Crippen molar-refractivity contribution in [2.75, 3.05) is 13.7 Å². The van der Waals surface area contributed by atoms with Crippen molar-refractivity contribution in [2.45, 2.75) is 18.9 Å². The molecule has 5 heteroatoms. The highest BCUT2D eigenvalue weighted by Gasteiger charge is 2.20. The molecule has 2 heterocycles. The Balaban J connectivity index is 1.91. The molecule has 0 radical (unpaired) electrons. The maximum absolute atomic E-state index is 6.20. The van der Waals surface area contributed by atoms with Gasteiger partial charge in [0.1, 0.15) is 12.1 Å². The van der Waals surface area contributed by atoms with Crippen LogP contribution in [-0.4, -0.2) is 23.6 Å². The van der Waals surface area contributed by atoms with Crippen LogP contribution < -0.4 is 10.1 Å². The lowest BCUT2D eigenvalue weighted by Crippen LogP contribution is -2.19. The van der Waals surface area contributed by atoms with E-state index in [0.717, 1.165) is 41.3 Å². The molecular formula is C15H16ClN3O. The third-order valence-electron chi connectivity index (χ3n) is 3.58. The van der Waals surface area contributed by atoms with Crippen LogP contribution in [0.3, 0.4) is 0 Å². The lowest BCUT2D eigenvalue weighted by atomic mass is 9.98. The number of rotatable bonds is 4. The summed E-state index contributed by atoms with van der Waals surface area (Å²) in [6, 6.07) is 4.12. The van der Waals surface area contributed by atoms with E-state index < -0.39 is 0 Å². The Hall–Kier alpha value is -1.65. The molecule has 4 nitrogen and oxygen atoms in total. The highest BCUT2D eigenvalue weighted by Crippen LogP contribution is 2.35. The molecule has 2 aromatic rings. The predicted octanol–water partition coefficient (Wildman–Crippen LogP) is 2.57. The Labute approximate surface area is 123 Å². The molecule has 1 aliphatic rings. The zero-order valence-electron chi connectivity index (χ0n) is 11.3. The number of nitrogens with one attached hydrogen (secondary N) is 1. The lowest BCUT2D eigenvalue weighted by Gasteiger charge is -2.18. The number of hydrogen-bond donors (Lipinski definition) is 1. The van der Waals surface area contributed by atoms with Gasteiger partial charge in [0.2, 0.25) is 0 Å². The minimum absolute atomic E-state index is 0.142. The van der Waals surface area contributed by atoms with Gasteiger partial charge in [0.15, 0.2) is 0 Å². The quantitative estimate of drug-likeness (QED) is 0.940. The number of nitrogens with zero attached hydrogens (tertiary/aromatic N) is 2. The van der Waals surface area contributed by atoms with Crippen LogP contribution in [0, 0.1) is 0 Å². The Morgan fingerprint density at radius 1 is 1.35 bits per heavy atom. The molecule has 20 heavy (non-hydrogen) atoms. The number of fused-ring (bicyclic) bond motifs is 1. The van der Waals surface area contributed by atoms with Gasteiger partial charge in [-0.05, 0) is 36.7 Å². The molecule has 0 saturated carbocycles. The minimum atomic E-state index is 0.142. The van der Waals surface area contributed by atoms with Crippen molar-refractivity contribution in [3.05, 3.63) is 52.6 Å². The third-order valence-corrected chi connectivity index (χ3v) is 3.80. The summed E-state index contributed by atoms with van der Waals surface area (Å²) in [5.41, 5.74) is 3.39. The first-order valence-electron chi connectivity index (χ1n) is 6.64. The molecule has 1 atom stereocenters. The smallest absolute Gasteiger partial charge is 0.125 e. The van der Waals surface area contributed by atoms with Crippen LogP contribution in [0.1, 0.15) is 22.7 Å². The normalized spacial score (nSPS) is 14.7. The van der Waals surface area contributed by atoms with Crippen LogP contribution in [0.15, 0.2) is 30.9 Å². The van der Waals surface area contributed by atoms with Crippen molar-refractivity contribution in [3.8, 4) is 5.75 Å². The van der Waals surface area contributed by atoms with E-state index in [0.29, 0.717) is 0 Å². The Morgan fingerprint density at radius 3 is 2.90 bits per heavy atom. The van der Waals surface area contributed by atoms with Crippen molar-refractivity contribution in [1.29, 1.82) is 0 Å². The van der Waals surface area contributed by atoms with Gasteiger partial charge in [0.05, 0.1) is 6.61 Å². The molecular weight excluding hydrogens is 274 g/mol. The second kappa shape index (κ2) is 5.77. The van der Waals surface area contributed by atoms with Crippen LogP contribution in [0.25, 0.3) is 0 Å². The molecule has 104 valence electrons. The molecule has 0 aliphatic carbocycles. The highest BCUT2D eigenvalue weighted by molar-refractivity contribution is 6.30. The average molecular weight is 290 g/mol. The van der Waals surface area contributed by atoms with E-state index in [1.807, 2.05) is 31.6 Å². The van der Waals surface area contributed by atoms with Crippen LogP contribution in [0.2, 0.25) is 5.02 Å². The van der Waals surface area contributed by atoms with E-state index in [1.165, 1.54) is 11.9 Å². The second-order valence-corrected chi connectivity index (χ2v) is 5.31. The molecule has 3 rings (SSSR count). The van der Waals surface area contributed by atoms with Crippen LogP contribution >= 0.6 is 11.6 Å². The lowest BCUT2D eigenvalue weighted by molar-refractivity contribution is 0.352. The number of benzene rings is 1. The third kappa shape index (κ3) is 2.62. The predicted molar refractivity (Wildman–Crippen MR) is 78.2 cm³/mol. The van der Waals surface area contributed by atoms with Gasteiger partial charge in [-0.1, -0.05) is 11.6 Å². The molecule has 1 aliphatic heterocycles. The maximum atomic E-state index is 6.20. The molecule has 1 N–H and O–H groups in total. The Bertz CT molecular complexity index is 604. The summed E-state index contributed by atoms with van der Waals surface area (Å²) >= 11 is 6.20. The monoisotopic (exact) mass is 289 g/mol. The number of halogens is 1. The summed E-state index contributed by atoms with van der Waals surface area (Å²) in [6.07, 6.45) is 6.93. The van der Waals surface area contributed by atoms with Crippen molar-refractivity contribution < 1.29 is 4.74 Å². The first kappa shape index (κ1) is 13.3. The standard InChI is InChI=1S/C15H16ClN3O/c1-17-14(12-7-18-9-19-8-12)6-11-5-13(16)4-10-2-3-20-15(10)11/h4-5,7-9,14,17H,2-3,6H2,1H3. The largest absolute Gasteiger partial charge is 0.493 e. The van der Waals surface area contributed by atoms with Gasteiger partial charge >= 0.3 is 0 Å². The van der Waals surface area contributed by atoms with Gasteiger partial charge in [-0.2, -0.15) is 0 Å². The summed E-state index contributed by atoms with van der Waals surface area (Å²) in [5.74, 6) is 0.992. The zero-order valence-corrected chi connectivity index (χ0v) is 12.0. The molecule has 0 fully saturated rings. The summed E-state index contributed by atoms with van der Waals surface area (Å²) in [6.45, 7) is 0.737. The van der Waals surface area contributed by atoms with E-state index in [4.69, 9.17) is 16.3 Å². The number of likely N-dealkylation sites (N-methyl/N-ethyl adjacent to an activating group) is 1. The first-order chi connectivity index (χ1) is 9.78. The van der Waals surface area contributed by atoms with E-state index in [9.17, 15) is 0 Å². The average Bonchev–Trinajstić information content (AvgIpc) is 2.93. The summed E-state index contributed by atoms with van der Waals surface area (Å²) in [4.78, 5) is 8.15. The fourth-order valence-corrected chi connectivity index (χ4v) is 2.86. The molecule has 0 spiro atoms. The van der Waals surface area contributed by atoms with Gasteiger partial charge in [0.25, 0.3) is 0 Å². The van der Waals surface area contributed by atoms with Crippen molar-refractivity contribution in [2.24, 2.45) is 0 Å². The van der Waals surface area contributed by atoms with E-state index in [-0.39, 0.29) is 6.04 Å². The SMILES string of the molecule is CNC(Cc1cc(Cl)cc2c1OCC2)c1cncnc1. The highest BCUT2D eigenvalue weighted by atomic mass is 35.5. The Kier molecular flexibility index (Phi) is 3.85. The van der Waals surface area contributed by atoms with Gasteiger partial charge in [0, 0.05) is 35.4 Å². The van der Waals surface area contributed by atoms with Crippen molar-refractivity contribution in [3.63, 3.8) is 0 Å². The van der Waals surface area contributed by atoms with Crippen LogP contribution in [0.4, 0.5) is 0 Å². The van der Waals surface area contributed by atoms with Gasteiger partial charge in [-0.15, -0.1) is 0 Å². The summed E-state index contributed by atoms with van der Waals surface area (Å²) in [5, 5.41) is 4.07. The van der Waals surface area contributed by atoms with Crippen molar-refractivity contribution in [1.82, 2.24) is 15.3 Å². The fourth-order valence-electron chi connectivity index (χ4n) is 2.59. The number of aromatic nitrogens is 2. The van der Waals surface area contributed by atoms with Crippen LogP contribution in [-0.2, 0) is 12.8 Å². The number of ether oxygens (including phenoxy) is 1. The summed E-state index contributed by atoms with van der Waals surface area (Å²) < 4.78 is 5.75. The van der Waals surface area contributed by atoms with Crippen molar-refractivity contribution >= 4 is 11.6 Å².